The molecule has 0 atom stereocenters. The van der Waals surface area contributed by atoms with Crippen molar-refractivity contribution in [2.45, 2.75) is 18.8 Å². The predicted octanol–water partition coefficient (Wildman–Crippen LogP) is 5.00. The number of halogens is 1. The van der Waals surface area contributed by atoms with Crippen LogP contribution in [0.4, 0.5) is 14.9 Å². The van der Waals surface area contributed by atoms with Crippen LogP contribution in [0.3, 0.4) is 0 Å². The highest BCUT2D eigenvalue weighted by atomic mass is 32.1. The van der Waals surface area contributed by atoms with E-state index in [1.807, 2.05) is 18.2 Å². The molecule has 7 nitrogen and oxygen atoms in total. The van der Waals surface area contributed by atoms with E-state index in [-0.39, 0.29) is 11.7 Å². The van der Waals surface area contributed by atoms with E-state index in [0.717, 1.165) is 47.2 Å². The Bertz CT molecular complexity index is 1220. The van der Waals surface area contributed by atoms with Crippen molar-refractivity contribution in [3.8, 4) is 0 Å². The number of nitrogens with zero attached hydrogens (tertiary/aromatic N) is 3. The third kappa shape index (κ3) is 4.38. The Morgan fingerprint density at radius 2 is 2.13 bits per heavy atom. The minimum atomic E-state index is -0.467. The van der Waals surface area contributed by atoms with Crippen molar-refractivity contribution in [1.29, 1.82) is 0 Å². The lowest BCUT2D eigenvalue weighted by atomic mass is 9.91. The van der Waals surface area contributed by atoms with Crippen molar-refractivity contribution >= 4 is 44.3 Å². The number of hydrogen-bond acceptors (Lipinski definition) is 7. The smallest absolute Gasteiger partial charge is 0.411 e. The molecule has 1 aliphatic rings. The number of ether oxygens (including phenoxy) is 1. The van der Waals surface area contributed by atoms with Gasteiger partial charge in [-0.25, -0.2) is 14.2 Å². The van der Waals surface area contributed by atoms with Crippen LogP contribution in [0.2, 0.25) is 0 Å². The molecule has 1 fully saturated rings. The first-order valence-corrected chi connectivity index (χ1v) is 11.1. The highest BCUT2D eigenvalue weighted by Crippen LogP contribution is 2.32. The molecule has 2 aromatic carbocycles. The van der Waals surface area contributed by atoms with E-state index in [9.17, 15) is 9.18 Å². The van der Waals surface area contributed by atoms with Gasteiger partial charge in [-0.05, 0) is 56.3 Å². The normalized spacial score (nSPS) is 15.5. The summed E-state index contributed by atoms with van der Waals surface area (Å²) in [4.78, 5) is 18.6. The summed E-state index contributed by atoms with van der Waals surface area (Å²) in [7, 11) is 0. The van der Waals surface area contributed by atoms with Crippen molar-refractivity contribution in [3.05, 3.63) is 53.4 Å². The lowest BCUT2D eigenvalue weighted by Crippen LogP contribution is -2.36. The van der Waals surface area contributed by atoms with E-state index in [4.69, 9.17) is 9.26 Å². The number of anilines is 1. The summed E-state index contributed by atoms with van der Waals surface area (Å²) in [5.74, 6) is -0.0365. The molecule has 1 saturated heterocycles. The zero-order valence-electron chi connectivity index (χ0n) is 16.7. The number of carbonyl (C=O) groups excluding carboxylic acids is 1. The van der Waals surface area contributed by atoms with E-state index in [1.54, 1.807) is 22.9 Å². The Morgan fingerprint density at radius 1 is 1.26 bits per heavy atom. The molecule has 1 aliphatic heterocycles. The minimum absolute atomic E-state index is 0.285. The molecular formula is C22H21FN4O3S. The molecule has 31 heavy (non-hydrogen) atoms. The fraction of sp³-hybridized carbons (Fsp3) is 0.318. The number of benzene rings is 2. The van der Waals surface area contributed by atoms with Crippen LogP contribution in [0.25, 0.3) is 21.2 Å². The second-order valence-corrected chi connectivity index (χ2v) is 8.51. The first-order chi connectivity index (χ1) is 15.2. The van der Waals surface area contributed by atoms with Crippen LogP contribution in [-0.4, -0.2) is 47.4 Å². The second-order valence-electron chi connectivity index (χ2n) is 7.62. The molecule has 0 bridgehead atoms. The fourth-order valence-corrected chi connectivity index (χ4v) is 4.67. The standard InChI is InChI=1S/C22H21FN4O3S/c23-15-1-3-17-19(11-15)30-26-21(17)14-5-7-27(8-6-14)9-10-29-22(28)25-16-2-4-20-18(12-16)24-13-31-20/h1-4,11-14H,5-10H2,(H,25,28). The molecule has 0 aliphatic carbocycles. The molecule has 3 heterocycles. The van der Waals surface area contributed by atoms with Gasteiger partial charge in [0.25, 0.3) is 0 Å². The number of rotatable bonds is 5. The van der Waals surface area contributed by atoms with Crippen molar-refractivity contribution in [2.75, 3.05) is 31.6 Å². The SMILES string of the molecule is O=C(Nc1ccc2scnc2c1)OCCN1CCC(c2noc3cc(F)ccc23)CC1. The number of thiazole rings is 1. The average molecular weight is 441 g/mol. The third-order valence-corrected chi connectivity index (χ3v) is 6.46. The number of nitrogens with one attached hydrogen (secondary N) is 1. The van der Waals surface area contributed by atoms with E-state index in [1.165, 1.54) is 12.1 Å². The molecule has 0 radical (unpaired) electrons. The van der Waals surface area contributed by atoms with Gasteiger partial charge in [0.15, 0.2) is 5.58 Å². The lowest BCUT2D eigenvalue weighted by molar-refractivity contribution is 0.128. The van der Waals surface area contributed by atoms with Gasteiger partial charge >= 0.3 is 6.09 Å². The van der Waals surface area contributed by atoms with Gasteiger partial charge in [0.05, 0.1) is 21.4 Å². The Labute approximate surface area is 181 Å². The molecule has 0 spiro atoms. The van der Waals surface area contributed by atoms with Crippen LogP contribution in [-0.2, 0) is 4.74 Å². The topological polar surface area (TPSA) is 80.5 Å². The quantitative estimate of drug-likeness (QED) is 0.470. The van der Waals surface area contributed by atoms with Gasteiger partial charge < -0.3 is 9.26 Å². The summed E-state index contributed by atoms with van der Waals surface area (Å²) in [6, 6.07) is 10.2. The van der Waals surface area contributed by atoms with Crippen LogP contribution in [0.1, 0.15) is 24.5 Å². The zero-order chi connectivity index (χ0) is 21.2. The maximum atomic E-state index is 13.3. The Morgan fingerprint density at radius 3 is 3.00 bits per heavy atom. The van der Waals surface area contributed by atoms with Crippen LogP contribution < -0.4 is 5.32 Å². The van der Waals surface area contributed by atoms with E-state index in [2.05, 4.69) is 20.4 Å². The van der Waals surface area contributed by atoms with Crippen LogP contribution >= 0.6 is 11.3 Å². The average Bonchev–Trinajstić information content (AvgIpc) is 3.40. The number of carbonyl (C=O) groups is 1. The molecule has 0 saturated carbocycles. The number of likely N-dealkylation sites (tertiary alicyclic amines) is 1. The highest BCUT2D eigenvalue weighted by Gasteiger charge is 2.25. The molecule has 1 N–H and O–H groups in total. The van der Waals surface area contributed by atoms with E-state index in [0.29, 0.717) is 24.4 Å². The van der Waals surface area contributed by atoms with Crippen molar-refractivity contribution in [1.82, 2.24) is 15.0 Å². The monoisotopic (exact) mass is 440 g/mol. The van der Waals surface area contributed by atoms with Gasteiger partial charge in [-0.2, -0.15) is 0 Å². The maximum absolute atomic E-state index is 13.3. The van der Waals surface area contributed by atoms with Crippen LogP contribution in [0, 0.1) is 5.82 Å². The number of hydrogen-bond donors (Lipinski definition) is 1. The largest absolute Gasteiger partial charge is 0.448 e. The predicted molar refractivity (Wildman–Crippen MR) is 117 cm³/mol. The lowest BCUT2D eigenvalue weighted by Gasteiger charge is -2.30. The minimum Gasteiger partial charge on any atom is -0.448 e. The molecule has 1 amide bonds. The van der Waals surface area contributed by atoms with Crippen molar-refractivity contribution in [3.63, 3.8) is 0 Å². The molecule has 5 rings (SSSR count). The Hall–Kier alpha value is -3.04. The molecule has 0 unspecified atom stereocenters. The van der Waals surface area contributed by atoms with E-state index >= 15 is 0 Å². The second kappa shape index (κ2) is 8.60. The summed E-state index contributed by atoms with van der Waals surface area (Å²) in [5.41, 5.74) is 4.70. The van der Waals surface area contributed by atoms with Gasteiger partial charge in [-0.15, -0.1) is 11.3 Å². The summed E-state index contributed by atoms with van der Waals surface area (Å²) in [6.07, 6.45) is 1.39. The molecule has 160 valence electrons. The molecular weight excluding hydrogens is 419 g/mol. The highest BCUT2D eigenvalue weighted by molar-refractivity contribution is 7.16. The molecule has 4 aromatic rings. The summed E-state index contributed by atoms with van der Waals surface area (Å²) >= 11 is 1.56. The van der Waals surface area contributed by atoms with Crippen molar-refractivity contribution < 1.29 is 18.4 Å². The number of fused-ring (bicyclic) bond motifs is 2. The first kappa shape index (κ1) is 19.9. The van der Waals surface area contributed by atoms with Gasteiger partial charge in [0.1, 0.15) is 12.4 Å². The third-order valence-electron chi connectivity index (χ3n) is 5.65. The van der Waals surface area contributed by atoms with Gasteiger partial charge in [0, 0.05) is 29.6 Å². The molecule has 9 heteroatoms. The molecule has 2 aromatic heterocycles. The number of piperidine rings is 1. The fourth-order valence-electron chi connectivity index (χ4n) is 4.01. The first-order valence-electron chi connectivity index (χ1n) is 10.2. The Kier molecular flexibility index (Phi) is 5.52. The maximum Gasteiger partial charge on any atom is 0.411 e. The van der Waals surface area contributed by atoms with Crippen LogP contribution in [0.5, 0.6) is 0 Å². The van der Waals surface area contributed by atoms with Gasteiger partial charge in [-0.3, -0.25) is 10.2 Å². The Balaban J connectivity index is 1.08. The van der Waals surface area contributed by atoms with Gasteiger partial charge in [-0.1, -0.05) is 5.16 Å². The summed E-state index contributed by atoms with van der Waals surface area (Å²) in [5, 5.41) is 7.82. The number of aromatic nitrogens is 2. The van der Waals surface area contributed by atoms with E-state index < -0.39 is 6.09 Å². The van der Waals surface area contributed by atoms with Crippen molar-refractivity contribution in [2.24, 2.45) is 0 Å². The number of amides is 1. The van der Waals surface area contributed by atoms with Crippen LogP contribution in [0.15, 0.2) is 46.4 Å². The summed E-state index contributed by atoms with van der Waals surface area (Å²) < 4.78 is 25.1. The van der Waals surface area contributed by atoms with Gasteiger partial charge in [0.2, 0.25) is 0 Å². The summed E-state index contributed by atoms with van der Waals surface area (Å²) in [6.45, 7) is 2.76. The zero-order valence-corrected chi connectivity index (χ0v) is 17.5.